The molecule has 0 saturated carbocycles. The largest absolute Gasteiger partial charge is 0.478 e. The molecule has 8 nitrogen and oxygen atoms in total. The van der Waals surface area contributed by atoms with Crippen LogP contribution < -0.4 is 10.6 Å². The molecule has 0 saturated heterocycles. The third-order valence-electron chi connectivity index (χ3n) is 3.38. The molecule has 2 aromatic carbocycles. The summed E-state index contributed by atoms with van der Waals surface area (Å²) < 4.78 is 20.7. The Hall–Kier alpha value is -3.30. The fraction of sp³-hybridized carbons (Fsp3) is 0. The van der Waals surface area contributed by atoms with E-state index in [0.29, 0.717) is 23.1 Å². The molecule has 0 spiro atoms. The van der Waals surface area contributed by atoms with Crippen molar-refractivity contribution in [3.05, 3.63) is 66.4 Å². The summed E-state index contributed by atoms with van der Waals surface area (Å²) in [6.45, 7) is 0. The molecule has 1 unspecified atom stereocenters. The number of nitrogens with zero attached hydrogens (tertiary/aromatic N) is 2. The van der Waals surface area contributed by atoms with Crippen LogP contribution in [0.5, 0.6) is 0 Å². The molecule has 0 aliphatic rings. The van der Waals surface area contributed by atoms with Crippen LogP contribution in [0.2, 0.25) is 0 Å². The van der Waals surface area contributed by atoms with E-state index in [4.69, 9.17) is 5.11 Å². The van der Waals surface area contributed by atoms with E-state index in [-0.39, 0.29) is 10.5 Å². The first-order chi connectivity index (χ1) is 12.5. The fourth-order valence-electron chi connectivity index (χ4n) is 2.17. The Morgan fingerprint density at radius 3 is 2.42 bits per heavy atom. The lowest BCUT2D eigenvalue weighted by Gasteiger charge is -2.10. The van der Waals surface area contributed by atoms with E-state index in [1.807, 2.05) is 0 Å². The number of anilines is 4. The van der Waals surface area contributed by atoms with Crippen LogP contribution in [0.25, 0.3) is 0 Å². The van der Waals surface area contributed by atoms with Crippen LogP contribution in [0.4, 0.5) is 23.1 Å². The van der Waals surface area contributed by atoms with Crippen molar-refractivity contribution < 1.29 is 18.7 Å². The number of carbonyl (C=O) groups is 1. The average molecular weight is 370 g/mol. The van der Waals surface area contributed by atoms with Crippen LogP contribution in [0, 0.1) is 0 Å². The molecule has 0 amide bonds. The van der Waals surface area contributed by atoms with E-state index >= 15 is 0 Å². The van der Waals surface area contributed by atoms with Crippen molar-refractivity contribution in [3.8, 4) is 0 Å². The molecule has 0 radical (unpaired) electrons. The van der Waals surface area contributed by atoms with Crippen molar-refractivity contribution >= 4 is 40.2 Å². The van der Waals surface area contributed by atoms with Gasteiger partial charge in [0.15, 0.2) is 11.1 Å². The summed E-state index contributed by atoms with van der Waals surface area (Å²) in [4.78, 5) is 19.5. The SMILES string of the molecule is O=C(O)c1ccc(Nc2nccc(Nc3ccccc3S(=O)O)n2)cc1. The molecule has 1 atom stereocenters. The van der Waals surface area contributed by atoms with Crippen molar-refractivity contribution in [1.29, 1.82) is 0 Å². The summed E-state index contributed by atoms with van der Waals surface area (Å²) in [6.07, 6.45) is 1.53. The van der Waals surface area contributed by atoms with Gasteiger partial charge in [0.25, 0.3) is 0 Å². The topological polar surface area (TPSA) is 124 Å². The number of rotatable bonds is 6. The molecule has 0 aliphatic carbocycles. The Labute approximate surface area is 151 Å². The monoisotopic (exact) mass is 370 g/mol. The van der Waals surface area contributed by atoms with E-state index in [1.54, 1.807) is 42.5 Å². The molecule has 9 heteroatoms. The molecule has 4 N–H and O–H groups in total. The van der Waals surface area contributed by atoms with Gasteiger partial charge in [0.05, 0.1) is 16.1 Å². The zero-order chi connectivity index (χ0) is 18.5. The summed E-state index contributed by atoms with van der Waals surface area (Å²) in [5.41, 5.74) is 1.27. The van der Waals surface area contributed by atoms with Gasteiger partial charge in [-0.3, -0.25) is 0 Å². The zero-order valence-electron chi connectivity index (χ0n) is 13.3. The molecule has 1 heterocycles. The summed E-state index contributed by atoms with van der Waals surface area (Å²) in [6, 6.07) is 14.4. The summed E-state index contributed by atoms with van der Waals surface area (Å²) >= 11 is -2.13. The molecule has 0 fully saturated rings. The predicted molar refractivity (Wildman–Crippen MR) is 97.5 cm³/mol. The maximum absolute atomic E-state index is 11.4. The van der Waals surface area contributed by atoms with Crippen LogP contribution in [-0.4, -0.2) is 29.8 Å². The standard InChI is InChI=1S/C17H14N4O4S/c22-16(23)11-5-7-12(8-6-11)19-17-18-10-9-15(21-17)20-13-3-1-2-4-14(13)26(24)25/h1-10H,(H,22,23)(H,24,25)(H2,18,19,20,21). The van der Waals surface area contributed by atoms with Gasteiger partial charge in [-0.05, 0) is 42.5 Å². The van der Waals surface area contributed by atoms with E-state index < -0.39 is 17.0 Å². The fourth-order valence-corrected chi connectivity index (χ4v) is 2.68. The lowest BCUT2D eigenvalue weighted by atomic mass is 10.2. The second kappa shape index (κ2) is 7.72. The molecular weight excluding hydrogens is 356 g/mol. The minimum atomic E-state index is -2.13. The summed E-state index contributed by atoms with van der Waals surface area (Å²) in [5, 5.41) is 14.9. The van der Waals surface area contributed by atoms with Crippen molar-refractivity contribution in [3.63, 3.8) is 0 Å². The van der Waals surface area contributed by atoms with Gasteiger partial charge >= 0.3 is 5.97 Å². The van der Waals surface area contributed by atoms with Gasteiger partial charge in [0.1, 0.15) is 5.82 Å². The highest BCUT2D eigenvalue weighted by atomic mass is 32.2. The molecule has 0 aliphatic heterocycles. The molecule has 3 aromatic rings. The van der Waals surface area contributed by atoms with E-state index in [9.17, 15) is 13.6 Å². The highest BCUT2D eigenvalue weighted by molar-refractivity contribution is 7.79. The number of hydrogen-bond donors (Lipinski definition) is 4. The zero-order valence-corrected chi connectivity index (χ0v) is 14.1. The van der Waals surface area contributed by atoms with Crippen molar-refractivity contribution in [2.75, 3.05) is 10.6 Å². The van der Waals surface area contributed by atoms with Crippen molar-refractivity contribution in [2.45, 2.75) is 4.90 Å². The van der Waals surface area contributed by atoms with Gasteiger partial charge in [0.2, 0.25) is 5.95 Å². The Balaban J connectivity index is 1.78. The normalized spacial score (nSPS) is 11.6. The maximum atomic E-state index is 11.4. The van der Waals surface area contributed by atoms with Gasteiger partial charge in [-0.25, -0.2) is 14.0 Å². The Bertz CT molecular complexity index is 963. The van der Waals surface area contributed by atoms with Gasteiger partial charge < -0.3 is 20.3 Å². The number of carboxylic acids is 1. The van der Waals surface area contributed by atoms with E-state index in [0.717, 1.165) is 0 Å². The minimum Gasteiger partial charge on any atom is -0.478 e. The van der Waals surface area contributed by atoms with E-state index in [1.165, 1.54) is 18.3 Å². The van der Waals surface area contributed by atoms with Crippen LogP contribution in [-0.2, 0) is 11.1 Å². The quantitative estimate of drug-likeness (QED) is 0.487. The van der Waals surface area contributed by atoms with Crippen molar-refractivity contribution in [2.24, 2.45) is 0 Å². The molecule has 1 aromatic heterocycles. The van der Waals surface area contributed by atoms with Gasteiger partial charge in [-0.2, -0.15) is 4.98 Å². The lowest BCUT2D eigenvalue weighted by Crippen LogP contribution is -2.03. The minimum absolute atomic E-state index is 0.181. The average Bonchev–Trinajstić information content (AvgIpc) is 2.63. The van der Waals surface area contributed by atoms with Gasteiger partial charge in [0, 0.05) is 11.9 Å². The van der Waals surface area contributed by atoms with Crippen LogP contribution >= 0.6 is 0 Å². The highest BCUT2D eigenvalue weighted by Gasteiger charge is 2.09. The number of aromatic carboxylic acids is 1. The Kier molecular flexibility index (Phi) is 5.20. The van der Waals surface area contributed by atoms with Crippen LogP contribution in [0.15, 0.2) is 65.7 Å². The Morgan fingerprint density at radius 2 is 1.73 bits per heavy atom. The second-order valence-electron chi connectivity index (χ2n) is 5.14. The van der Waals surface area contributed by atoms with Crippen LogP contribution in [0.3, 0.4) is 0 Å². The summed E-state index contributed by atoms with van der Waals surface area (Å²) in [5.74, 6) is -0.276. The number of nitrogens with one attached hydrogen (secondary N) is 2. The molecule has 132 valence electrons. The number of hydrogen-bond acceptors (Lipinski definition) is 6. The third kappa shape index (κ3) is 4.21. The first kappa shape index (κ1) is 17.5. The second-order valence-corrected chi connectivity index (χ2v) is 6.08. The van der Waals surface area contributed by atoms with Gasteiger partial charge in [-0.15, -0.1) is 0 Å². The number of carboxylic acid groups (broad SMARTS) is 1. The van der Waals surface area contributed by atoms with Crippen molar-refractivity contribution in [1.82, 2.24) is 9.97 Å². The predicted octanol–water partition coefficient (Wildman–Crippen LogP) is 3.24. The number of para-hydroxylation sites is 1. The van der Waals surface area contributed by atoms with Gasteiger partial charge in [-0.1, -0.05) is 12.1 Å². The van der Waals surface area contributed by atoms with E-state index in [2.05, 4.69) is 20.6 Å². The smallest absolute Gasteiger partial charge is 0.335 e. The molecule has 0 bridgehead atoms. The molecule has 3 rings (SSSR count). The molecule has 26 heavy (non-hydrogen) atoms. The maximum Gasteiger partial charge on any atom is 0.335 e. The molecular formula is C17H14N4O4S. The number of benzene rings is 2. The lowest BCUT2D eigenvalue weighted by molar-refractivity contribution is 0.0697. The van der Waals surface area contributed by atoms with Crippen LogP contribution in [0.1, 0.15) is 10.4 Å². The highest BCUT2D eigenvalue weighted by Crippen LogP contribution is 2.23. The first-order valence-electron chi connectivity index (χ1n) is 7.43. The summed E-state index contributed by atoms with van der Waals surface area (Å²) in [7, 11) is 0. The first-order valence-corrected chi connectivity index (χ1v) is 8.54. The Morgan fingerprint density at radius 1 is 1.00 bits per heavy atom. The third-order valence-corrected chi connectivity index (χ3v) is 4.11. The number of aromatic nitrogens is 2.